The lowest BCUT2D eigenvalue weighted by molar-refractivity contribution is -0.599. The number of hydrazone groups is 1. The predicted molar refractivity (Wildman–Crippen MR) is 116 cm³/mol. The van der Waals surface area contributed by atoms with Gasteiger partial charge in [0.1, 0.15) is 4.88 Å². The highest BCUT2D eigenvalue weighted by atomic mass is 32.1. The molecule has 9 heteroatoms. The molecule has 2 N–H and O–H groups in total. The van der Waals surface area contributed by atoms with Gasteiger partial charge in [-0.2, -0.15) is 10.1 Å². The number of hydrogen-bond donors (Lipinski definition) is 2. The number of ketones is 1. The SMILES string of the molecule is O=C(N/N=C\c1sc(=O)[nH]c1-[n+]1ccc(C(=O)c2ccccc2)cc1)c1ccncc1. The van der Waals surface area contributed by atoms with Crippen LogP contribution in [0.25, 0.3) is 5.82 Å². The Morgan fingerprint density at radius 3 is 2.35 bits per heavy atom. The lowest BCUT2D eigenvalue weighted by Crippen LogP contribution is -2.32. The molecule has 0 aliphatic carbocycles. The van der Waals surface area contributed by atoms with E-state index in [0.29, 0.717) is 27.4 Å². The van der Waals surface area contributed by atoms with E-state index in [1.807, 2.05) is 18.2 Å². The van der Waals surface area contributed by atoms with Crippen LogP contribution in [0.3, 0.4) is 0 Å². The average Bonchev–Trinajstić information content (AvgIpc) is 3.20. The highest BCUT2D eigenvalue weighted by Gasteiger charge is 2.17. The van der Waals surface area contributed by atoms with Crippen LogP contribution in [0, 0.1) is 0 Å². The first-order valence-electron chi connectivity index (χ1n) is 9.20. The second-order valence-electron chi connectivity index (χ2n) is 6.35. The molecule has 0 fully saturated rings. The zero-order valence-electron chi connectivity index (χ0n) is 16.1. The van der Waals surface area contributed by atoms with Crippen molar-refractivity contribution in [2.75, 3.05) is 0 Å². The van der Waals surface area contributed by atoms with Crippen LogP contribution in [0.15, 0.2) is 89.3 Å². The standard InChI is InChI=1S/C22H15N5O3S/c28-19(15-4-2-1-3-5-15)16-8-12-27(13-9-16)20-18(31-22(30)25-20)14-24-26-21(29)17-6-10-23-11-7-17/h1-14,28H/p+1. The number of thiazole rings is 1. The first-order chi connectivity index (χ1) is 15.1. The largest absolute Gasteiger partial charge is 0.390 e. The molecule has 8 nitrogen and oxygen atoms in total. The van der Waals surface area contributed by atoms with Crippen molar-refractivity contribution in [3.05, 3.63) is 111 Å². The molecular formula is C22H16N5O3S+. The average molecular weight is 430 g/mol. The van der Waals surface area contributed by atoms with Crippen LogP contribution < -0.4 is 14.9 Å². The van der Waals surface area contributed by atoms with Gasteiger partial charge in [-0.15, -0.1) is 0 Å². The van der Waals surface area contributed by atoms with Crippen molar-refractivity contribution in [2.45, 2.75) is 0 Å². The van der Waals surface area contributed by atoms with Crippen LogP contribution in [0.2, 0.25) is 0 Å². The number of nitrogens with zero attached hydrogens (tertiary/aromatic N) is 3. The van der Waals surface area contributed by atoms with Crippen LogP contribution >= 0.6 is 11.3 Å². The topological polar surface area (TPSA) is 108 Å². The maximum atomic E-state index is 12.6. The molecule has 4 rings (SSSR count). The smallest absolute Gasteiger partial charge is 0.289 e. The molecule has 0 aliphatic heterocycles. The quantitative estimate of drug-likeness (QED) is 0.211. The van der Waals surface area contributed by atoms with E-state index < -0.39 is 0 Å². The molecule has 0 radical (unpaired) electrons. The van der Waals surface area contributed by atoms with Crippen molar-refractivity contribution >= 4 is 29.2 Å². The normalized spacial score (nSPS) is 10.8. The van der Waals surface area contributed by atoms with Gasteiger partial charge in [0.25, 0.3) is 5.91 Å². The van der Waals surface area contributed by atoms with Gasteiger partial charge in [0, 0.05) is 29.1 Å². The van der Waals surface area contributed by atoms with Crippen LogP contribution in [0.5, 0.6) is 0 Å². The Balaban J connectivity index is 1.52. The number of H-pyrrole nitrogens is 1. The summed E-state index contributed by atoms with van der Waals surface area (Å²) in [6.45, 7) is 0. The minimum atomic E-state index is -0.389. The third-order valence-corrected chi connectivity index (χ3v) is 5.14. The summed E-state index contributed by atoms with van der Waals surface area (Å²) in [5.41, 5.74) is 3.96. The van der Waals surface area contributed by atoms with E-state index in [1.165, 1.54) is 18.6 Å². The van der Waals surface area contributed by atoms with E-state index in [4.69, 9.17) is 0 Å². The fraction of sp³-hybridized carbons (Fsp3) is 0. The Bertz CT molecular complexity index is 1300. The Labute approximate surface area is 180 Å². The molecule has 0 saturated heterocycles. The molecule has 3 heterocycles. The molecule has 31 heavy (non-hydrogen) atoms. The summed E-state index contributed by atoms with van der Waals surface area (Å²) in [7, 11) is 0. The number of aromatic amines is 1. The maximum Gasteiger partial charge on any atom is 0.390 e. The number of aromatic nitrogens is 3. The number of hydrogen-bond acceptors (Lipinski definition) is 6. The van der Waals surface area contributed by atoms with Crippen LogP contribution in [0.4, 0.5) is 0 Å². The van der Waals surface area contributed by atoms with Crippen LogP contribution in [0.1, 0.15) is 31.2 Å². The number of nitrogens with one attached hydrogen (secondary N) is 2. The fourth-order valence-electron chi connectivity index (χ4n) is 2.81. The van der Waals surface area contributed by atoms with Crippen molar-refractivity contribution in [1.29, 1.82) is 0 Å². The molecule has 0 aliphatic rings. The Kier molecular flexibility index (Phi) is 5.86. The summed E-state index contributed by atoms with van der Waals surface area (Å²) < 4.78 is 1.67. The lowest BCUT2D eigenvalue weighted by Gasteiger charge is -2.02. The van der Waals surface area contributed by atoms with Gasteiger partial charge in [0.2, 0.25) is 0 Å². The molecular weight excluding hydrogens is 414 g/mol. The van der Waals surface area contributed by atoms with E-state index in [-0.39, 0.29) is 16.6 Å². The van der Waals surface area contributed by atoms with Crippen molar-refractivity contribution in [3.8, 4) is 5.82 Å². The zero-order chi connectivity index (χ0) is 21.6. The highest BCUT2D eigenvalue weighted by Crippen LogP contribution is 2.10. The second-order valence-corrected chi connectivity index (χ2v) is 7.37. The first kappa shape index (κ1) is 20.0. The number of pyridine rings is 2. The Morgan fingerprint density at radius 2 is 1.65 bits per heavy atom. The summed E-state index contributed by atoms with van der Waals surface area (Å²) >= 11 is 0.955. The predicted octanol–water partition coefficient (Wildman–Crippen LogP) is 2.10. The summed E-state index contributed by atoms with van der Waals surface area (Å²) in [5, 5.41) is 3.94. The van der Waals surface area contributed by atoms with Gasteiger partial charge in [-0.1, -0.05) is 30.3 Å². The number of carbonyl (C=O) groups is 2. The zero-order valence-corrected chi connectivity index (χ0v) is 16.9. The van der Waals surface area contributed by atoms with Crippen molar-refractivity contribution in [1.82, 2.24) is 15.4 Å². The van der Waals surface area contributed by atoms with Crippen molar-refractivity contribution in [2.24, 2.45) is 5.10 Å². The van der Waals surface area contributed by atoms with Gasteiger partial charge in [-0.3, -0.25) is 14.6 Å². The molecule has 1 amide bonds. The van der Waals surface area contributed by atoms with Crippen molar-refractivity contribution < 1.29 is 14.2 Å². The molecule has 152 valence electrons. The third kappa shape index (κ3) is 4.68. The van der Waals surface area contributed by atoms with E-state index in [0.717, 1.165) is 11.3 Å². The molecule has 0 unspecified atom stereocenters. The minimum absolute atomic E-state index is 0.0906. The fourth-order valence-corrected chi connectivity index (χ4v) is 3.52. The van der Waals surface area contributed by atoms with Crippen LogP contribution in [-0.4, -0.2) is 27.9 Å². The number of amides is 1. The molecule has 4 aromatic rings. The molecule has 0 bridgehead atoms. The van der Waals surface area contributed by atoms with E-state index in [1.54, 1.807) is 53.4 Å². The molecule has 3 aromatic heterocycles. The summed E-state index contributed by atoms with van der Waals surface area (Å²) in [4.78, 5) is 43.4. The summed E-state index contributed by atoms with van der Waals surface area (Å²) in [6.07, 6.45) is 7.78. The van der Waals surface area contributed by atoms with Gasteiger partial charge in [0.15, 0.2) is 5.78 Å². The summed E-state index contributed by atoms with van der Waals surface area (Å²) in [5.74, 6) is 0.00213. The first-order valence-corrected chi connectivity index (χ1v) is 10.0. The van der Waals surface area contributed by atoms with Gasteiger partial charge in [0.05, 0.1) is 18.6 Å². The lowest BCUT2D eigenvalue weighted by atomic mass is 10.0. The van der Waals surface area contributed by atoms with E-state index in [2.05, 4.69) is 20.5 Å². The molecule has 0 saturated carbocycles. The molecule has 0 atom stereocenters. The number of rotatable bonds is 6. The van der Waals surface area contributed by atoms with Crippen LogP contribution in [-0.2, 0) is 0 Å². The Hall–Kier alpha value is -4.24. The third-order valence-electron chi connectivity index (χ3n) is 4.33. The maximum absolute atomic E-state index is 12.6. The monoisotopic (exact) mass is 430 g/mol. The second kappa shape index (κ2) is 9.06. The van der Waals surface area contributed by atoms with Gasteiger partial charge < -0.3 is 0 Å². The summed E-state index contributed by atoms with van der Waals surface area (Å²) in [6, 6.07) is 15.5. The van der Waals surface area contributed by atoms with Gasteiger partial charge in [-0.25, -0.2) is 14.8 Å². The Morgan fingerprint density at radius 1 is 0.968 bits per heavy atom. The number of carbonyl (C=O) groups excluding carboxylic acids is 2. The minimum Gasteiger partial charge on any atom is -0.289 e. The van der Waals surface area contributed by atoms with E-state index in [9.17, 15) is 14.4 Å². The van der Waals surface area contributed by atoms with Gasteiger partial charge >= 0.3 is 10.7 Å². The van der Waals surface area contributed by atoms with E-state index >= 15 is 0 Å². The number of benzene rings is 1. The highest BCUT2D eigenvalue weighted by molar-refractivity contribution is 7.11. The molecule has 1 aromatic carbocycles. The van der Waals surface area contributed by atoms with Gasteiger partial charge in [-0.05, 0) is 35.6 Å². The molecule has 0 spiro atoms. The van der Waals surface area contributed by atoms with Crippen molar-refractivity contribution in [3.63, 3.8) is 0 Å².